The molecule has 2 aromatic rings. The molecule has 2 rings (SSSR count). The summed E-state index contributed by atoms with van der Waals surface area (Å²) in [6.07, 6.45) is 1.03. The van der Waals surface area contributed by atoms with Gasteiger partial charge < -0.3 is 10.1 Å². The Morgan fingerprint density at radius 1 is 1.28 bits per heavy atom. The molecule has 96 valence electrons. The van der Waals surface area contributed by atoms with E-state index in [9.17, 15) is 0 Å². The summed E-state index contributed by atoms with van der Waals surface area (Å²) in [4.78, 5) is 1.31. The van der Waals surface area contributed by atoms with Crippen LogP contribution < -0.4 is 10.1 Å². The van der Waals surface area contributed by atoms with Crippen LogP contribution in [0.2, 0.25) is 0 Å². The van der Waals surface area contributed by atoms with Crippen molar-refractivity contribution in [3.8, 4) is 5.75 Å². The molecule has 0 amide bonds. The number of hydrogen-bond donors (Lipinski definition) is 1. The maximum atomic E-state index is 5.54. The summed E-state index contributed by atoms with van der Waals surface area (Å²) in [7, 11) is 0. The van der Waals surface area contributed by atoms with Crippen LogP contribution in [0.5, 0.6) is 5.75 Å². The Hall–Kier alpha value is -1.00. The molecule has 0 radical (unpaired) electrons. The van der Waals surface area contributed by atoms with Crippen LogP contribution in [0.25, 0.3) is 0 Å². The molecular formula is C14H16BrNOS. The first-order chi connectivity index (χ1) is 8.78. The SMILES string of the molecule is CCCOc1ccc(NCc2cc(Br)cs2)cc1. The van der Waals surface area contributed by atoms with Crippen LogP contribution in [0.1, 0.15) is 18.2 Å². The van der Waals surface area contributed by atoms with Gasteiger partial charge in [-0.2, -0.15) is 0 Å². The predicted molar refractivity (Wildman–Crippen MR) is 81.6 cm³/mol. The fourth-order valence-electron chi connectivity index (χ4n) is 1.52. The lowest BCUT2D eigenvalue weighted by molar-refractivity contribution is 0.317. The van der Waals surface area contributed by atoms with Gasteiger partial charge in [0.1, 0.15) is 5.75 Å². The van der Waals surface area contributed by atoms with Gasteiger partial charge in [-0.05, 0) is 52.7 Å². The van der Waals surface area contributed by atoms with Gasteiger partial charge in [-0.25, -0.2) is 0 Å². The molecule has 0 unspecified atom stereocenters. The molecule has 0 spiro atoms. The van der Waals surface area contributed by atoms with Gasteiger partial charge in [0.05, 0.1) is 6.61 Å². The molecule has 0 fully saturated rings. The number of benzene rings is 1. The Morgan fingerprint density at radius 2 is 2.06 bits per heavy atom. The fourth-order valence-corrected chi connectivity index (χ4v) is 2.92. The first kappa shape index (κ1) is 13.4. The van der Waals surface area contributed by atoms with E-state index in [0.29, 0.717) is 0 Å². The van der Waals surface area contributed by atoms with Crippen molar-refractivity contribution in [2.24, 2.45) is 0 Å². The second-order valence-corrected chi connectivity index (χ2v) is 5.87. The lowest BCUT2D eigenvalue weighted by atomic mass is 10.3. The lowest BCUT2D eigenvalue weighted by Gasteiger charge is -2.07. The van der Waals surface area contributed by atoms with Gasteiger partial charge in [0.25, 0.3) is 0 Å². The number of rotatable bonds is 6. The van der Waals surface area contributed by atoms with Crippen LogP contribution in [-0.4, -0.2) is 6.61 Å². The number of hydrogen-bond acceptors (Lipinski definition) is 3. The molecule has 4 heteroatoms. The topological polar surface area (TPSA) is 21.3 Å². The minimum Gasteiger partial charge on any atom is -0.494 e. The monoisotopic (exact) mass is 325 g/mol. The largest absolute Gasteiger partial charge is 0.494 e. The zero-order valence-electron chi connectivity index (χ0n) is 10.3. The van der Waals surface area contributed by atoms with E-state index in [1.165, 1.54) is 4.88 Å². The van der Waals surface area contributed by atoms with E-state index in [2.05, 4.69) is 39.6 Å². The van der Waals surface area contributed by atoms with Crippen molar-refractivity contribution in [2.45, 2.75) is 19.9 Å². The van der Waals surface area contributed by atoms with Gasteiger partial charge in [-0.15, -0.1) is 11.3 Å². The average molecular weight is 326 g/mol. The zero-order chi connectivity index (χ0) is 12.8. The first-order valence-corrected chi connectivity index (χ1v) is 7.65. The van der Waals surface area contributed by atoms with Crippen LogP contribution in [-0.2, 0) is 6.54 Å². The Balaban J connectivity index is 1.86. The number of nitrogens with one attached hydrogen (secondary N) is 1. The van der Waals surface area contributed by atoms with Crippen LogP contribution in [0.4, 0.5) is 5.69 Å². The highest BCUT2D eigenvalue weighted by atomic mass is 79.9. The Labute approximate surface area is 120 Å². The van der Waals surface area contributed by atoms with Gasteiger partial charge in [0.2, 0.25) is 0 Å². The highest BCUT2D eigenvalue weighted by Gasteiger charge is 1.98. The summed E-state index contributed by atoms with van der Waals surface area (Å²) >= 11 is 5.21. The van der Waals surface area contributed by atoms with E-state index >= 15 is 0 Å². The second-order valence-electron chi connectivity index (χ2n) is 3.96. The van der Waals surface area contributed by atoms with Crippen molar-refractivity contribution in [2.75, 3.05) is 11.9 Å². The van der Waals surface area contributed by atoms with Crippen molar-refractivity contribution < 1.29 is 4.74 Å². The van der Waals surface area contributed by atoms with Gasteiger partial charge in [-0.3, -0.25) is 0 Å². The molecule has 0 aliphatic rings. The number of halogens is 1. The summed E-state index contributed by atoms with van der Waals surface area (Å²) in [5.74, 6) is 0.932. The van der Waals surface area contributed by atoms with Gasteiger partial charge in [-0.1, -0.05) is 6.92 Å². The predicted octanol–water partition coefficient (Wildman–Crippen LogP) is 4.91. The van der Waals surface area contributed by atoms with E-state index in [0.717, 1.165) is 35.5 Å². The smallest absolute Gasteiger partial charge is 0.119 e. The molecule has 0 aliphatic heterocycles. The number of thiophene rings is 1. The van der Waals surface area contributed by atoms with Gasteiger partial charge in [0.15, 0.2) is 0 Å². The van der Waals surface area contributed by atoms with E-state index < -0.39 is 0 Å². The van der Waals surface area contributed by atoms with E-state index in [1.54, 1.807) is 11.3 Å². The Kier molecular flexibility index (Phi) is 5.08. The summed E-state index contributed by atoms with van der Waals surface area (Å²) < 4.78 is 6.69. The Bertz CT molecular complexity index is 481. The second kappa shape index (κ2) is 6.81. The molecule has 18 heavy (non-hydrogen) atoms. The van der Waals surface area contributed by atoms with Crippen molar-refractivity contribution in [1.29, 1.82) is 0 Å². The molecule has 1 aromatic carbocycles. The van der Waals surface area contributed by atoms with E-state index in [1.807, 2.05) is 24.3 Å². The molecule has 0 aliphatic carbocycles. The summed E-state index contributed by atoms with van der Waals surface area (Å²) in [5, 5.41) is 5.49. The summed E-state index contributed by atoms with van der Waals surface area (Å²) in [6, 6.07) is 10.2. The summed E-state index contributed by atoms with van der Waals surface area (Å²) in [5.41, 5.74) is 1.11. The van der Waals surface area contributed by atoms with Crippen molar-refractivity contribution in [3.05, 3.63) is 45.1 Å². The molecule has 2 nitrogen and oxygen atoms in total. The molecule has 1 N–H and O–H groups in total. The van der Waals surface area contributed by atoms with Crippen molar-refractivity contribution in [1.82, 2.24) is 0 Å². The molecule has 0 saturated carbocycles. The lowest BCUT2D eigenvalue weighted by Crippen LogP contribution is -1.98. The van der Waals surface area contributed by atoms with Crippen LogP contribution in [0.15, 0.2) is 40.2 Å². The fraction of sp³-hybridized carbons (Fsp3) is 0.286. The molecule has 1 heterocycles. The normalized spacial score (nSPS) is 10.3. The standard InChI is InChI=1S/C14H16BrNOS/c1-2-7-17-13-5-3-12(4-6-13)16-9-14-8-11(15)10-18-14/h3-6,8,10,16H,2,7,9H2,1H3. The molecule has 1 aromatic heterocycles. The van der Waals surface area contributed by atoms with Crippen LogP contribution in [0.3, 0.4) is 0 Å². The van der Waals surface area contributed by atoms with Crippen LogP contribution in [0, 0.1) is 0 Å². The van der Waals surface area contributed by atoms with E-state index in [-0.39, 0.29) is 0 Å². The van der Waals surface area contributed by atoms with Gasteiger partial charge >= 0.3 is 0 Å². The Morgan fingerprint density at radius 3 is 2.67 bits per heavy atom. The molecule has 0 saturated heterocycles. The highest BCUT2D eigenvalue weighted by molar-refractivity contribution is 9.10. The van der Waals surface area contributed by atoms with Gasteiger partial charge in [0, 0.05) is 27.0 Å². The molecular weight excluding hydrogens is 310 g/mol. The highest BCUT2D eigenvalue weighted by Crippen LogP contribution is 2.21. The maximum absolute atomic E-state index is 5.54. The third-order valence-corrected chi connectivity index (χ3v) is 4.11. The average Bonchev–Trinajstić information content (AvgIpc) is 2.81. The van der Waals surface area contributed by atoms with Crippen LogP contribution >= 0.6 is 27.3 Å². The third-order valence-electron chi connectivity index (χ3n) is 2.42. The first-order valence-electron chi connectivity index (χ1n) is 5.97. The minimum atomic E-state index is 0.774. The van der Waals surface area contributed by atoms with Crippen molar-refractivity contribution >= 4 is 33.0 Å². The number of anilines is 1. The number of ether oxygens (including phenoxy) is 1. The zero-order valence-corrected chi connectivity index (χ0v) is 12.7. The summed E-state index contributed by atoms with van der Waals surface area (Å²) in [6.45, 7) is 3.73. The minimum absolute atomic E-state index is 0.774. The molecule has 0 atom stereocenters. The van der Waals surface area contributed by atoms with E-state index in [4.69, 9.17) is 4.74 Å². The maximum Gasteiger partial charge on any atom is 0.119 e. The van der Waals surface area contributed by atoms with Crippen molar-refractivity contribution in [3.63, 3.8) is 0 Å². The quantitative estimate of drug-likeness (QED) is 0.814. The third kappa shape index (κ3) is 4.03. The molecule has 0 bridgehead atoms.